The molecule has 0 amide bonds. The number of fused-ring (bicyclic) bond motifs is 1. The molecule has 0 saturated carbocycles. The lowest BCUT2D eigenvalue weighted by atomic mass is 10.1. The summed E-state index contributed by atoms with van der Waals surface area (Å²) in [6.07, 6.45) is 3.06. The van der Waals surface area contributed by atoms with Crippen LogP contribution in [0.3, 0.4) is 0 Å². The highest BCUT2D eigenvalue weighted by atomic mass is 16.5. The van der Waals surface area contributed by atoms with Crippen LogP contribution in [0.2, 0.25) is 0 Å². The first-order valence-corrected chi connectivity index (χ1v) is 7.59. The van der Waals surface area contributed by atoms with Crippen LogP contribution < -0.4 is 5.32 Å². The van der Waals surface area contributed by atoms with Crippen LogP contribution in [-0.2, 0) is 17.6 Å². The summed E-state index contributed by atoms with van der Waals surface area (Å²) >= 11 is 0. The number of imidazole rings is 1. The van der Waals surface area contributed by atoms with Gasteiger partial charge in [-0.2, -0.15) is 0 Å². The van der Waals surface area contributed by atoms with Gasteiger partial charge < -0.3 is 15.0 Å². The van der Waals surface area contributed by atoms with Crippen LogP contribution in [0.1, 0.15) is 31.7 Å². The number of nitrogens with zero attached hydrogens (tertiary/aromatic N) is 1. The molecule has 4 nitrogen and oxygen atoms in total. The molecule has 0 unspecified atom stereocenters. The lowest BCUT2D eigenvalue weighted by molar-refractivity contribution is 0.145. The largest absolute Gasteiger partial charge is 0.382 e. The predicted molar refractivity (Wildman–Crippen MR) is 83.2 cm³/mol. The predicted octanol–water partition coefficient (Wildman–Crippen LogP) is 2.68. The van der Waals surface area contributed by atoms with Gasteiger partial charge in [0.1, 0.15) is 5.82 Å². The van der Waals surface area contributed by atoms with E-state index in [0.717, 1.165) is 62.4 Å². The average Bonchev–Trinajstić information content (AvgIpc) is 2.87. The number of aryl methyl sites for hydroxylation is 1. The van der Waals surface area contributed by atoms with Gasteiger partial charge in [0.25, 0.3) is 0 Å². The van der Waals surface area contributed by atoms with Crippen LogP contribution in [0.25, 0.3) is 11.0 Å². The van der Waals surface area contributed by atoms with Gasteiger partial charge in [0.05, 0.1) is 11.0 Å². The van der Waals surface area contributed by atoms with E-state index < -0.39 is 0 Å². The molecular formula is C16H25N3O. The Balaban J connectivity index is 1.76. The van der Waals surface area contributed by atoms with Gasteiger partial charge in [0.2, 0.25) is 0 Å². The molecule has 4 heteroatoms. The van der Waals surface area contributed by atoms with Gasteiger partial charge >= 0.3 is 0 Å². The molecule has 1 aromatic heterocycles. The maximum absolute atomic E-state index is 5.30. The summed E-state index contributed by atoms with van der Waals surface area (Å²) < 4.78 is 5.30. The lowest BCUT2D eigenvalue weighted by Crippen LogP contribution is -2.20. The van der Waals surface area contributed by atoms with Crippen molar-refractivity contribution in [1.82, 2.24) is 15.3 Å². The van der Waals surface area contributed by atoms with E-state index >= 15 is 0 Å². The second kappa shape index (κ2) is 8.02. The Hall–Kier alpha value is -1.39. The molecule has 110 valence electrons. The van der Waals surface area contributed by atoms with Crippen molar-refractivity contribution in [1.29, 1.82) is 0 Å². The highest BCUT2D eigenvalue weighted by Crippen LogP contribution is 2.14. The highest BCUT2D eigenvalue weighted by molar-refractivity contribution is 5.75. The molecule has 0 aliphatic carbocycles. The van der Waals surface area contributed by atoms with Crippen molar-refractivity contribution in [2.24, 2.45) is 0 Å². The Kier molecular flexibility index (Phi) is 6.02. The lowest BCUT2D eigenvalue weighted by Gasteiger charge is -2.03. The van der Waals surface area contributed by atoms with Crippen molar-refractivity contribution in [2.45, 2.75) is 33.1 Å². The average molecular weight is 275 g/mol. The van der Waals surface area contributed by atoms with Crippen molar-refractivity contribution >= 4 is 11.0 Å². The van der Waals surface area contributed by atoms with Crippen LogP contribution in [-0.4, -0.2) is 36.3 Å². The van der Waals surface area contributed by atoms with Crippen molar-refractivity contribution in [3.8, 4) is 0 Å². The zero-order valence-corrected chi connectivity index (χ0v) is 12.5. The first kappa shape index (κ1) is 15.0. The number of ether oxygens (including phenoxy) is 1. The summed E-state index contributed by atoms with van der Waals surface area (Å²) in [6, 6.07) is 6.45. The van der Waals surface area contributed by atoms with E-state index in [4.69, 9.17) is 4.74 Å². The molecule has 2 aromatic rings. The minimum atomic E-state index is 0.804. The Morgan fingerprint density at radius 1 is 1.25 bits per heavy atom. The Labute approximate surface area is 120 Å². The number of rotatable bonds is 9. The van der Waals surface area contributed by atoms with E-state index in [0.29, 0.717) is 0 Å². The van der Waals surface area contributed by atoms with E-state index in [1.165, 1.54) is 5.56 Å². The molecular weight excluding hydrogens is 250 g/mol. The summed E-state index contributed by atoms with van der Waals surface area (Å²) in [5.74, 6) is 1.06. The van der Waals surface area contributed by atoms with Gasteiger partial charge in [-0.15, -0.1) is 0 Å². The van der Waals surface area contributed by atoms with Crippen LogP contribution in [0.5, 0.6) is 0 Å². The van der Waals surface area contributed by atoms with Crippen molar-refractivity contribution < 1.29 is 4.74 Å². The smallest absolute Gasteiger partial charge is 0.108 e. The van der Waals surface area contributed by atoms with Gasteiger partial charge in [-0.3, -0.25) is 0 Å². The summed E-state index contributed by atoms with van der Waals surface area (Å²) in [5.41, 5.74) is 3.56. The van der Waals surface area contributed by atoms with E-state index in [1.807, 2.05) is 6.92 Å². The van der Waals surface area contributed by atoms with Gasteiger partial charge in [-0.1, -0.05) is 13.0 Å². The number of H-pyrrole nitrogens is 1. The highest BCUT2D eigenvalue weighted by Gasteiger charge is 2.03. The Morgan fingerprint density at radius 2 is 2.15 bits per heavy atom. The van der Waals surface area contributed by atoms with E-state index in [9.17, 15) is 0 Å². The third-order valence-electron chi connectivity index (χ3n) is 3.39. The number of hydrogen-bond acceptors (Lipinski definition) is 3. The van der Waals surface area contributed by atoms with Crippen molar-refractivity contribution in [3.05, 3.63) is 29.6 Å². The molecule has 0 aliphatic rings. The molecule has 0 radical (unpaired) electrons. The Bertz CT molecular complexity index is 521. The third kappa shape index (κ3) is 4.32. The number of aromatic nitrogens is 2. The van der Waals surface area contributed by atoms with Gasteiger partial charge in [0.15, 0.2) is 0 Å². The van der Waals surface area contributed by atoms with Gasteiger partial charge in [-0.25, -0.2) is 4.98 Å². The summed E-state index contributed by atoms with van der Waals surface area (Å²) in [6.45, 7) is 7.79. The molecule has 0 saturated heterocycles. The van der Waals surface area contributed by atoms with E-state index in [1.54, 1.807) is 0 Å². The van der Waals surface area contributed by atoms with Crippen LogP contribution in [0.15, 0.2) is 18.2 Å². The number of aromatic amines is 1. The first-order valence-electron chi connectivity index (χ1n) is 7.59. The number of nitrogens with one attached hydrogen (secondary N) is 2. The molecule has 0 spiro atoms. The molecule has 0 fully saturated rings. The molecule has 2 N–H and O–H groups in total. The monoisotopic (exact) mass is 275 g/mol. The fraction of sp³-hybridized carbons (Fsp3) is 0.562. The Morgan fingerprint density at radius 3 is 2.95 bits per heavy atom. The summed E-state index contributed by atoms with van der Waals surface area (Å²) in [7, 11) is 0. The molecule has 0 aliphatic heterocycles. The fourth-order valence-electron chi connectivity index (χ4n) is 2.22. The zero-order valence-electron chi connectivity index (χ0n) is 12.5. The van der Waals surface area contributed by atoms with Crippen molar-refractivity contribution in [3.63, 3.8) is 0 Å². The standard InChI is InChI=1S/C16H25N3O/c1-3-13-6-7-14-15(12-13)19-16(18-14)8-10-17-9-5-11-20-4-2/h6-7,12,17H,3-5,8-11H2,1-2H3,(H,18,19). The van der Waals surface area contributed by atoms with Crippen LogP contribution in [0, 0.1) is 0 Å². The number of hydrogen-bond donors (Lipinski definition) is 2. The van der Waals surface area contributed by atoms with Crippen LogP contribution in [0.4, 0.5) is 0 Å². The fourth-order valence-corrected chi connectivity index (χ4v) is 2.22. The van der Waals surface area contributed by atoms with Crippen molar-refractivity contribution in [2.75, 3.05) is 26.3 Å². The molecule has 2 rings (SSSR count). The minimum absolute atomic E-state index is 0.804. The van der Waals surface area contributed by atoms with Gasteiger partial charge in [0, 0.05) is 26.2 Å². The zero-order chi connectivity index (χ0) is 14.2. The molecule has 1 heterocycles. The van der Waals surface area contributed by atoms with E-state index in [2.05, 4.69) is 40.4 Å². The minimum Gasteiger partial charge on any atom is -0.382 e. The molecule has 0 bridgehead atoms. The molecule has 20 heavy (non-hydrogen) atoms. The molecule has 1 aromatic carbocycles. The SMILES string of the molecule is CCOCCCNCCc1nc2ccc(CC)cc2[nH]1. The first-order chi connectivity index (χ1) is 9.83. The number of benzene rings is 1. The van der Waals surface area contributed by atoms with E-state index in [-0.39, 0.29) is 0 Å². The quantitative estimate of drug-likeness (QED) is 0.692. The van der Waals surface area contributed by atoms with Gasteiger partial charge in [-0.05, 0) is 44.0 Å². The van der Waals surface area contributed by atoms with Crippen LogP contribution >= 0.6 is 0 Å². The maximum Gasteiger partial charge on any atom is 0.108 e. The topological polar surface area (TPSA) is 49.9 Å². The maximum atomic E-state index is 5.30. The normalized spacial score (nSPS) is 11.3. The summed E-state index contributed by atoms with van der Waals surface area (Å²) in [4.78, 5) is 8.02. The third-order valence-corrected chi connectivity index (χ3v) is 3.39. The second-order valence-corrected chi connectivity index (χ2v) is 4.94. The summed E-state index contributed by atoms with van der Waals surface area (Å²) in [5, 5.41) is 3.42. The second-order valence-electron chi connectivity index (χ2n) is 4.94. The molecule has 0 atom stereocenters.